The largest absolute Gasteiger partial charge is 1.00 e. The van der Waals surface area contributed by atoms with Crippen molar-refractivity contribution in [3.63, 3.8) is 0 Å². The molecular weight excluding hydrogens is 1470 g/mol. The Morgan fingerprint density at radius 2 is 0.415 bits per heavy atom. The Morgan fingerprint density at radius 1 is 0.244 bits per heavy atom. The summed E-state index contributed by atoms with van der Waals surface area (Å²) in [5.41, 5.74) is 2.17. The maximum atomic E-state index is 6.51. The van der Waals surface area contributed by atoms with E-state index in [1.807, 2.05) is 0 Å². The number of nitrogens with zero attached hydrogens (tertiary/aromatic N) is 4. The number of halogens is 4. The topological polar surface area (TPSA) is 36.9 Å². The van der Waals surface area contributed by atoms with E-state index < -0.39 is 0 Å². The van der Waals surface area contributed by atoms with Gasteiger partial charge in [-0.1, -0.05) is 91.2 Å². The highest BCUT2D eigenvalue weighted by Gasteiger charge is 2.17. The van der Waals surface area contributed by atoms with Crippen molar-refractivity contribution < 1.29 is 133 Å². The second kappa shape index (κ2) is 54.1. The van der Waals surface area contributed by atoms with Crippen LogP contribution in [0.25, 0.3) is 12.2 Å². The molecule has 0 unspecified atom stereocenters. The van der Waals surface area contributed by atoms with Gasteiger partial charge in [-0.2, -0.15) is 0 Å². The molecule has 0 aromatic heterocycles. The van der Waals surface area contributed by atoms with E-state index in [1.165, 1.54) is 232 Å². The zero-order valence-electron chi connectivity index (χ0n) is 55.7. The van der Waals surface area contributed by atoms with Gasteiger partial charge >= 0.3 is 0 Å². The number of benzene rings is 2. The number of rotatable bonds is 54. The van der Waals surface area contributed by atoms with Crippen molar-refractivity contribution in [3.05, 3.63) is 47.5 Å². The van der Waals surface area contributed by atoms with Crippen molar-refractivity contribution in [2.45, 2.75) is 233 Å². The zero-order valence-corrected chi connectivity index (χ0v) is 64.3. The molecule has 0 radical (unpaired) electrons. The van der Waals surface area contributed by atoms with Gasteiger partial charge in [0.05, 0.1) is 135 Å². The standard InChI is InChI=1S/C70H132N4O4.4HI/c1-13-17-21-33-47-71(5,6)51-37-25-29-41-55-75-67-59-65(60-68(63-67)76-56-42-30-26-38-52-72(7,8)48-34-22-18-14-2)45-46-66-61-69(77-57-43-31-27-39-53-73(9,10)49-35-23-19-15-3)64-70(62-66)78-58-44-32-28-40-54-74(11,12)50-36-24-20-16-4;;;;/h45-46,59-64H,13-44,47-58H2,1-12H3;4*1H/q+4;;;;/p-4/b46-45+;;;;. The fraction of sp³-hybridized carbons (Fsp3) is 0.800. The van der Waals surface area contributed by atoms with Crippen LogP contribution in [0.2, 0.25) is 0 Å². The molecule has 0 aliphatic heterocycles. The highest BCUT2D eigenvalue weighted by molar-refractivity contribution is 5.72. The molecule has 0 spiro atoms. The van der Waals surface area contributed by atoms with E-state index in [9.17, 15) is 0 Å². The number of hydrogen-bond donors (Lipinski definition) is 0. The molecule has 82 heavy (non-hydrogen) atoms. The SMILES string of the molecule is CCCCCC[N+](C)(C)CCCCCCOc1cc(/C=C/c2cc(OCCCCCC[N+](C)(C)CCCCCC)cc(OCCCCCC[N+](C)(C)CCCCCC)c2)cc(OCCCCCC[N+](C)(C)CCCCCC)c1.[I-].[I-].[I-].[I-]. The number of unbranched alkanes of at least 4 members (excludes halogenated alkanes) is 24. The van der Waals surface area contributed by atoms with Crippen LogP contribution in [-0.2, 0) is 0 Å². The van der Waals surface area contributed by atoms with Crippen molar-refractivity contribution >= 4 is 12.2 Å². The normalized spacial score (nSPS) is 11.9. The van der Waals surface area contributed by atoms with Gasteiger partial charge in [0.1, 0.15) is 23.0 Å². The van der Waals surface area contributed by atoms with E-state index in [0.29, 0.717) is 0 Å². The Labute approximate surface area is 578 Å². The third-order valence-corrected chi connectivity index (χ3v) is 16.4. The third-order valence-electron chi connectivity index (χ3n) is 16.4. The Kier molecular flexibility index (Phi) is 57.0. The molecule has 0 N–H and O–H groups in total. The zero-order chi connectivity index (χ0) is 57.1. The van der Waals surface area contributed by atoms with Crippen LogP contribution >= 0.6 is 0 Å². The van der Waals surface area contributed by atoms with E-state index in [-0.39, 0.29) is 95.9 Å². The van der Waals surface area contributed by atoms with Crippen molar-refractivity contribution in [1.29, 1.82) is 0 Å². The van der Waals surface area contributed by atoms with Gasteiger partial charge in [-0.05, 0) is 189 Å². The summed E-state index contributed by atoms with van der Waals surface area (Å²) in [6, 6.07) is 12.9. The summed E-state index contributed by atoms with van der Waals surface area (Å²) in [7, 11) is 19.3. The van der Waals surface area contributed by atoms with Crippen LogP contribution in [0.15, 0.2) is 36.4 Å². The van der Waals surface area contributed by atoms with Crippen LogP contribution in [-0.4, -0.2) is 153 Å². The quantitative estimate of drug-likeness (QED) is 0.0340. The van der Waals surface area contributed by atoms with E-state index in [0.717, 1.165) is 104 Å². The fourth-order valence-electron chi connectivity index (χ4n) is 11.0. The van der Waals surface area contributed by atoms with Gasteiger partial charge in [0.25, 0.3) is 0 Å². The van der Waals surface area contributed by atoms with Crippen LogP contribution in [0.5, 0.6) is 23.0 Å². The minimum Gasteiger partial charge on any atom is -1.00 e. The summed E-state index contributed by atoms with van der Waals surface area (Å²) >= 11 is 0. The van der Waals surface area contributed by atoms with Crippen LogP contribution in [0, 0.1) is 0 Å². The van der Waals surface area contributed by atoms with Gasteiger partial charge in [0.2, 0.25) is 0 Å². The number of hydrogen-bond acceptors (Lipinski definition) is 4. The first kappa shape index (κ1) is 86.3. The van der Waals surface area contributed by atoms with Crippen LogP contribution in [0.3, 0.4) is 0 Å². The molecule has 2 aromatic carbocycles. The molecule has 0 aliphatic carbocycles. The average molecular weight is 1600 g/mol. The lowest BCUT2D eigenvalue weighted by Gasteiger charge is -2.30. The van der Waals surface area contributed by atoms with Gasteiger partial charge in [-0.25, -0.2) is 0 Å². The average Bonchev–Trinajstić information content (AvgIpc) is 3.39. The smallest absolute Gasteiger partial charge is 0.123 e. The van der Waals surface area contributed by atoms with E-state index in [1.54, 1.807) is 0 Å². The first-order valence-electron chi connectivity index (χ1n) is 33.3. The Hall–Kier alpha value is 0.140. The van der Waals surface area contributed by atoms with Crippen molar-refractivity contribution in [1.82, 2.24) is 0 Å². The summed E-state index contributed by atoms with van der Waals surface area (Å²) < 4.78 is 30.6. The monoisotopic (exact) mass is 1600 g/mol. The molecule has 0 fully saturated rings. The van der Waals surface area contributed by atoms with E-state index in [2.05, 4.69) is 133 Å². The fourth-order valence-corrected chi connectivity index (χ4v) is 11.0. The van der Waals surface area contributed by atoms with E-state index in [4.69, 9.17) is 18.9 Å². The Morgan fingerprint density at radius 3 is 0.598 bits per heavy atom. The molecular formula is C70H132I4N4O4. The first-order valence-corrected chi connectivity index (χ1v) is 33.3. The van der Waals surface area contributed by atoms with Crippen LogP contribution in [0.4, 0.5) is 0 Å². The minimum absolute atomic E-state index is 0. The van der Waals surface area contributed by atoms with Gasteiger partial charge < -0.3 is 133 Å². The van der Waals surface area contributed by atoms with Crippen molar-refractivity contribution in [2.75, 3.05) is 135 Å². The second-order valence-corrected chi connectivity index (χ2v) is 26.6. The van der Waals surface area contributed by atoms with Crippen LogP contribution < -0.4 is 115 Å². The molecule has 0 heterocycles. The Bertz CT molecular complexity index is 1540. The molecule has 0 amide bonds. The van der Waals surface area contributed by atoms with Gasteiger partial charge in [-0.3, -0.25) is 0 Å². The minimum atomic E-state index is 0. The van der Waals surface area contributed by atoms with E-state index >= 15 is 0 Å². The lowest BCUT2D eigenvalue weighted by Crippen LogP contribution is -3.00. The molecule has 0 atom stereocenters. The van der Waals surface area contributed by atoms with Crippen LogP contribution in [0.1, 0.15) is 244 Å². The summed E-state index contributed by atoms with van der Waals surface area (Å²) in [5.74, 6) is 3.56. The maximum absolute atomic E-state index is 6.51. The summed E-state index contributed by atoms with van der Waals surface area (Å²) in [6.45, 7) is 22.3. The van der Waals surface area contributed by atoms with Gasteiger partial charge in [-0.15, -0.1) is 0 Å². The summed E-state index contributed by atoms with van der Waals surface area (Å²) in [4.78, 5) is 0. The lowest BCUT2D eigenvalue weighted by atomic mass is 10.1. The molecule has 0 saturated carbocycles. The molecule has 2 aromatic rings. The van der Waals surface area contributed by atoms with Gasteiger partial charge in [0, 0.05) is 12.1 Å². The third kappa shape index (κ3) is 49.1. The summed E-state index contributed by atoms with van der Waals surface area (Å²) in [5, 5.41) is 0. The lowest BCUT2D eigenvalue weighted by molar-refractivity contribution is -0.890. The number of ether oxygens (including phenoxy) is 4. The maximum Gasteiger partial charge on any atom is 0.123 e. The van der Waals surface area contributed by atoms with Gasteiger partial charge in [0.15, 0.2) is 0 Å². The highest BCUT2D eigenvalue weighted by atomic mass is 127. The van der Waals surface area contributed by atoms with Crippen molar-refractivity contribution in [2.24, 2.45) is 0 Å². The highest BCUT2D eigenvalue weighted by Crippen LogP contribution is 2.29. The molecule has 484 valence electrons. The molecule has 0 aliphatic rings. The second-order valence-electron chi connectivity index (χ2n) is 26.6. The molecule has 2 rings (SSSR count). The van der Waals surface area contributed by atoms with Crippen molar-refractivity contribution in [3.8, 4) is 23.0 Å². The Balaban J connectivity index is -0.0000156. The molecule has 0 saturated heterocycles. The predicted octanol–water partition coefficient (Wildman–Crippen LogP) is 6.26. The summed E-state index contributed by atoms with van der Waals surface area (Å²) in [6.07, 6.45) is 45.2. The molecule has 0 bridgehead atoms. The number of quaternary nitrogens is 4. The molecule has 8 nitrogen and oxygen atoms in total. The first-order chi connectivity index (χ1) is 37.5. The predicted molar refractivity (Wildman–Crippen MR) is 342 cm³/mol. The molecule has 12 heteroatoms.